The highest BCUT2D eigenvalue weighted by Gasteiger charge is 2.16. The number of hydrogen-bond donors (Lipinski definition) is 1. The zero-order valence-electron chi connectivity index (χ0n) is 9.97. The van der Waals surface area contributed by atoms with Crippen LogP contribution in [0.3, 0.4) is 0 Å². The van der Waals surface area contributed by atoms with Gasteiger partial charge in [0.1, 0.15) is 11.4 Å². The van der Waals surface area contributed by atoms with Crippen LogP contribution in [0, 0.1) is 0 Å². The van der Waals surface area contributed by atoms with E-state index >= 15 is 0 Å². The molecule has 0 atom stereocenters. The van der Waals surface area contributed by atoms with Gasteiger partial charge in [-0.25, -0.2) is 4.98 Å². The minimum atomic E-state index is -0.268. The normalized spacial score (nSPS) is 10.8. The van der Waals surface area contributed by atoms with Crippen molar-refractivity contribution in [2.45, 2.75) is 19.8 Å². The van der Waals surface area contributed by atoms with Crippen LogP contribution >= 0.6 is 0 Å². The maximum atomic E-state index is 11.8. The van der Waals surface area contributed by atoms with Crippen molar-refractivity contribution >= 4 is 11.6 Å². The summed E-state index contributed by atoms with van der Waals surface area (Å²) in [6.07, 6.45) is 4.72. The molecule has 0 unspecified atom stereocenters. The van der Waals surface area contributed by atoms with Crippen LogP contribution in [0.5, 0.6) is 0 Å². The molecule has 1 N–H and O–H groups in total. The van der Waals surface area contributed by atoms with Crippen LogP contribution in [0.2, 0.25) is 0 Å². The van der Waals surface area contributed by atoms with Crippen molar-refractivity contribution < 1.29 is 9.32 Å². The Hall–Kier alpha value is -2.11. The molecule has 0 saturated heterocycles. The highest BCUT2D eigenvalue weighted by molar-refractivity contribution is 6.02. The molecule has 90 valence electrons. The first kappa shape index (κ1) is 11.4. The molecule has 0 spiro atoms. The number of carbonyl (C=O) groups is 1. The number of nitrogens with one attached hydrogen (secondary N) is 1. The fraction of sp³-hybridized carbons (Fsp3) is 0.364. The third-order valence-corrected chi connectivity index (χ3v) is 2.31. The monoisotopic (exact) mass is 234 g/mol. The van der Waals surface area contributed by atoms with Crippen LogP contribution in [-0.2, 0) is 7.05 Å². The Balaban J connectivity index is 2.16. The molecule has 2 aromatic heterocycles. The molecule has 0 bridgehead atoms. The first-order chi connectivity index (χ1) is 8.08. The molecular weight excluding hydrogens is 220 g/mol. The molecule has 6 heteroatoms. The van der Waals surface area contributed by atoms with Gasteiger partial charge in [-0.2, -0.15) is 0 Å². The van der Waals surface area contributed by atoms with Crippen LogP contribution in [-0.4, -0.2) is 20.6 Å². The molecule has 1 amide bonds. The Morgan fingerprint density at radius 1 is 1.53 bits per heavy atom. The summed E-state index contributed by atoms with van der Waals surface area (Å²) in [5.74, 6) is 0.557. The largest absolute Gasteiger partial charge is 0.359 e. The van der Waals surface area contributed by atoms with Gasteiger partial charge in [0.05, 0.1) is 12.5 Å². The van der Waals surface area contributed by atoms with Crippen molar-refractivity contribution in [3.8, 4) is 0 Å². The zero-order valence-corrected chi connectivity index (χ0v) is 9.97. The van der Waals surface area contributed by atoms with Crippen molar-refractivity contribution in [2.24, 2.45) is 7.05 Å². The maximum Gasteiger partial charge on any atom is 0.275 e. The van der Waals surface area contributed by atoms with Crippen molar-refractivity contribution in [2.75, 3.05) is 5.32 Å². The average Bonchev–Trinajstić information content (AvgIpc) is 2.86. The van der Waals surface area contributed by atoms with Gasteiger partial charge in [0.2, 0.25) is 0 Å². The van der Waals surface area contributed by atoms with Gasteiger partial charge < -0.3 is 14.4 Å². The highest BCUT2D eigenvalue weighted by atomic mass is 16.5. The van der Waals surface area contributed by atoms with Crippen LogP contribution in [0.25, 0.3) is 0 Å². The Labute approximate surface area is 98.6 Å². The Bertz CT molecular complexity index is 527. The smallest absolute Gasteiger partial charge is 0.275 e. The number of hydrogen-bond acceptors (Lipinski definition) is 4. The number of anilines is 1. The van der Waals surface area contributed by atoms with Gasteiger partial charge in [-0.15, -0.1) is 0 Å². The summed E-state index contributed by atoms with van der Waals surface area (Å²) in [6.45, 7) is 3.94. The number of nitrogens with zero attached hydrogens (tertiary/aromatic N) is 3. The molecule has 17 heavy (non-hydrogen) atoms. The number of rotatable bonds is 3. The van der Waals surface area contributed by atoms with Gasteiger partial charge in [0.15, 0.2) is 5.76 Å². The first-order valence-electron chi connectivity index (χ1n) is 5.32. The van der Waals surface area contributed by atoms with E-state index in [9.17, 15) is 4.79 Å². The standard InChI is InChI=1S/C11H14N4O2/c1-7(2)10-8(4-13-17-10)14-11(16)9-5-15(3)6-12-9/h4-7H,1-3H3,(H,14,16). The van der Waals surface area contributed by atoms with E-state index < -0.39 is 0 Å². The number of imidazole rings is 1. The lowest BCUT2D eigenvalue weighted by molar-refractivity contribution is 0.102. The summed E-state index contributed by atoms with van der Waals surface area (Å²) >= 11 is 0. The molecule has 2 aromatic rings. The van der Waals surface area contributed by atoms with Gasteiger partial charge >= 0.3 is 0 Å². The highest BCUT2D eigenvalue weighted by Crippen LogP contribution is 2.23. The van der Waals surface area contributed by atoms with Crippen LogP contribution in [0.4, 0.5) is 5.69 Å². The van der Waals surface area contributed by atoms with Gasteiger partial charge in [-0.05, 0) is 0 Å². The number of amides is 1. The third-order valence-electron chi connectivity index (χ3n) is 2.31. The minimum Gasteiger partial charge on any atom is -0.359 e. The predicted molar refractivity (Wildman–Crippen MR) is 61.8 cm³/mol. The van der Waals surface area contributed by atoms with E-state index in [1.165, 1.54) is 6.20 Å². The lowest BCUT2D eigenvalue weighted by atomic mass is 10.1. The van der Waals surface area contributed by atoms with E-state index in [4.69, 9.17) is 4.52 Å². The summed E-state index contributed by atoms with van der Waals surface area (Å²) in [7, 11) is 1.81. The molecule has 6 nitrogen and oxygen atoms in total. The fourth-order valence-corrected chi connectivity index (χ4v) is 1.48. The fourth-order valence-electron chi connectivity index (χ4n) is 1.48. The lowest BCUT2D eigenvalue weighted by Gasteiger charge is -2.04. The average molecular weight is 234 g/mol. The van der Waals surface area contributed by atoms with Gasteiger partial charge in [-0.1, -0.05) is 19.0 Å². The quantitative estimate of drug-likeness (QED) is 0.878. The summed E-state index contributed by atoms with van der Waals surface area (Å²) in [4.78, 5) is 15.8. The molecule has 0 aliphatic heterocycles. The molecule has 0 fully saturated rings. The molecule has 0 aliphatic rings. The molecule has 0 saturated carbocycles. The summed E-state index contributed by atoms with van der Waals surface area (Å²) in [5, 5.41) is 6.41. The SMILES string of the molecule is CC(C)c1oncc1NC(=O)c1cn(C)cn1. The number of aryl methyl sites for hydroxylation is 1. The van der Waals surface area contributed by atoms with Crippen molar-refractivity contribution in [1.82, 2.24) is 14.7 Å². The topological polar surface area (TPSA) is 73.0 Å². The first-order valence-corrected chi connectivity index (χ1v) is 5.32. The molecule has 0 radical (unpaired) electrons. The molecule has 2 heterocycles. The third kappa shape index (κ3) is 2.35. The number of aromatic nitrogens is 3. The van der Waals surface area contributed by atoms with Crippen molar-refractivity contribution in [3.63, 3.8) is 0 Å². The Morgan fingerprint density at radius 2 is 2.29 bits per heavy atom. The summed E-state index contributed by atoms with van der Waals surface area (Å²) < 4.78 is 6.79. The van der Waals surface area contributed by atoms with Crippen molar-refractivity contribution in [1.29, 1.82) is 0 Å². The summed E-state index contributed by atoms with van der Waals surface area (Å²) in [5.41, 5.74) is 0.957. The maximum absolute atomic E-state index is 11.8. The zero-order chi connectivity index (χ0) is 12.4. The Morgan fingerprint density at radius 3 is 2.88 bits per heavy atom. The van der Waals surface area contributed by atoms with Crippen LogP contribution in [0.1, 0.15) is 36.0 Å². The van der Waals surface area contributed by atoms with Gasteiger partial charge in [0.25, 0.3) is 5.91 Å². The van der Waals surface area contributed by atoms with Crippen molar-refractivity contribution in [3.05, 3.63) is 30.2 Å². The van der Waals surface area contributed by atoms with E-state index in [0.717, 1.165) is 0 Å². The minimum absolute atomic E-state index is 0.163. The second kappa shape index (κ2) is 4.40. The van der Waals surface area contributed by atoms with E-state index in [0.29, 0.717) is 17.1 Å². The lowest BCUT2D eigenvalue weighted by Crippen LogP contribution is -2.13. The van der Waals surface area contributed by atoms with E-state index in [1.807, 2.05) is 20.9 Å². The molecule has 0 aromatic carbocycles. The molecular formula is C11H14N4O2. The van der Waals surface area contributed by atoms with E-state index in [2.05, 4.69) is 15.5 Å². The molecule has 2 rings (SSSR count). The second-order valence-electron chi connectivity index (χ2n) is 4.14. The second-order valence-corrected chi connectivity index (χ2v) is 4.14. The van der Waals surface area contributed by atoms with Crippen LogP contribution < -0.4 is 5.32 Å². The molecule has 0 aliphatic carbocycles. The predicted octanol–water partition coefficient (Wildman–Crippen LogP) is 1.78. The van der Waals surface area contributed by atoms with E-state index in [-0.39, 0.29) is 11.8 Å². The van der Waals surface area contributed by atoms with Crippen LogP contribution in [0.15, 0.2) is 23.2 Å². The van der Waals surface area contributed by atoms with Gasteiger partial charge in [0, 0.05) is 19.2 Å². The Kier molecular flexibility index (Phi) is 2.95. The number of carbonyl (C=O) groups excluding carboxylic acids is 1. The van der Waals surface area contributed by atoms with Gasteiger partial charge in [-0.3, -0.25) is 4.79 Å². The summed E-state index contributed by atoms with van der Waals surface area (Å²) in [6, 6.07) is 0. The van der Waals surface area contributed by atoms with E-state index in [1.54, 1.807) is 17.1 Å².